The summed E-state index contributed by atoms with van der Waals surface area (Å²) in [5.41, 5.74) is 1.65. The highest BCUT2D eigenvalue weighted by Gasteiger charge is 2.22. The van der Waals surface area contributed by atoms with Crippen LogP contribution in [0.2, 0.25) is 5.02 Å². The molecule has 7 heteroatoms. The lowest BCUT2D eigenvalue weighted by molar-refractivity contribution is 0.0788. The van der Waals surface area contributed by atoms with Crippen molar-refractivity contribution in [2.75, 3.05) is 13.1 Å². The summed E-state index contributed by atoms with van der Waals surface area (Å²) in [5, 5.41) is 2.88. The van der Waals surface area contributed by atoms with Gasteiger partial charge < -0.3 is 9.64 Å². The zero-order chi connectivity index (χ0) is 19.5. The number of carbonyl (C=O) groups excluding carboxylic acids is 1. The van der Waals surface area contributed by atoms with Gasteiger partial charge >= 0.3 is 0 Å². The standard InChI is InChI=1S/C21H18ClFN2O2S/c22-17-7-4-8-18(23)16(17)12-27-15-6-3-5-14(11-15)20-24-19(13-28-20)21(26)25-9-1-2-10-25/h3-8,11,13H,1-2,9-10,12H2. The van der Waals surface area contributed by atoms with Crippen LogP contribution in [0, 0.1) is 5.82 Å². The average Bonchev–Trinajstić information content (AvgIpc) is 3.40. The molecule has 0 saturated carbocycles. The van der Waals surface area contributed by atoms with Crippen LogP contribution in [0.4, 0.5) is 4.39 Å². The Hall–Kier alpha value is -2.44. The van der Waals surface area contributed by atoms with Crippen LogP contribution in [0.5, 0.6) is 5.75 Å². The fourth-order valence-corrected chi connectivity index (χ4v) is 4.14. The SMILES string of the molecule is O=C(c1csc(-c2cccc(OCc3c(F)cccc3Cl)c2)n1)N1CCCC1. The van der Waals surface area contributed by atoms with E-state index in [4.69, 9.17) is 16.3 Å². The van der Waals surface area contributed by atoms with Crippen molar-refractivity contribution in [3.05, 3.63) is 69.9 Å². The summed E-state index contributed by atoms with van der Waals surface area (Å²) in [7, 11) is 0. The molecule has 3 aromatic rings. The van der Waals surface area contributed by atoms with E-state index in [2.05, 4.69) is 4.98 Å². The zero-order valence-electron chi connectivity index (χ0n) is 15.0. The fourth-order valence-electron chi connectivity index (χ4n) is 3.13. The highest BCUT2D eigenvalue weighted by Crippen LogP contribution is 2.29. The van der Waals surface area contributed by atoms with Crippen LogP contribution in [-0.2, 0) is 6.61 Å². The number of aromatic nitrogens is 1. The van der Waals surface area contributed by atoms with Gasteiger partial charge in [-0.1, -0.05) is 29.8 Å². The Bertz CT molecular complexity index is 981. The van der Waals surface area contributed by atoms with E-state index in [1.165, 1.54) is 17.4 Å². The fraction of sp³-hybridized carbons (Fsp3) is 0.238. The van der Waals surface area contributed by atoms with Crippen molar-refractivity contribution >= 4 is 28.8 Å². The highest BCUT2D eigenvalue weighted by atomic mass is 35.5. The third-order valence-corrected chi connectivity index (χ3v) is 5.89. The number of ether oxygens (including phenoxy) is 1. The monoisotopic (exact) mass is 416 g/mol. The van der Waals surface area contributed by atoms with Crippen LogP contribution in [0.1, 0.15) is 28.9 Å². The third kappa shape index (κ3) is 4.03. The third-order valence-electron chi connectivity index (χ3n) is 4.64. The summed E-state index contributed by atoms with van der Waals surface area (Å²) in [4.78, 5) is 18.8. The van der Waals surface area contributed by atoms with Gasteiger partial charge in [0.1, 0.15) is 28.9 Å². The van der Waals surface area contributed by atoms with Gasteiger partial charge in [0.05, 0.1) is 5.02 Å². The second kappa shape index (κ2) is 8.29. The minimum Gasteiger partial charge on any atom is -0.489 e. The number of halogens is 2. The molecule has 2 aromatic carbocycles. The minimum atomic E-state index is -0.395. The molecule has 0 N–H and O–H groups in total. The first-order valence-electron chi connectivity index (χ1n) is 9.03. The first-order valence-corrected chi connectivity index (χ1v) is 10.3. The molecule has 28 heavy (non-hydrogen) atoms. The Labute approximate surface area is 171 Å². The van der Waals surface area contributed by atoms with Crippen LogP contribution in [-0.4, -0.2) is 28.9 Å². The van der Waals surface area contributed by atoms with Gasteiger partial charge in [-0.25, -0.2) is 9.37 Å². The van der Waals surface area contributed by atoms with E-state index in [1.807, 2.05) is 23.1 Å². The van der Waals surface area contributed by atoms with Crippen LogP contribution in [0.3, 0.4) is 0 Å². The van der Waals surface area contributed by atoms with Gasteiger partial charge in [0.15, 0.2) is 0 Å². The summed E-state index contributed by atoms with van der Waals surface area (Å²) in [6.07, 6.45) is 2.10. The number of thiazole rings is 1. The van der Waals surface area contributed by atoms with Gasteiger partial charge in [-0.2, -0.15) is 0 Å². The summed E-state index contributed by atoms with van der Waals surface area (Å²) < 4.78 is 19.6. The molecule has 0 radical (unpaired) electrons. The minimum absolute atomic E-state index is 0.0124. The molecule has 1 saturated heterocycles. The first kappa shape index (κ1) is 18.9. The maximum atomic E-state index is 13.9. The summed E-state index contributed by atoms with van der Waals surface area (Å²) >= 11 is 7.47. The largest absolute Gasteiger partial charge is 0.489 e. The maximum Gasteiger partial charge on any atom is 0.273 e. The Kier molecular flexibility index (Phi) is 5.59. The van der Waals surface area contributed by atoms with Crippen LogP contribution in [0.25, 0.3) is 10.6 Å². The molecule has 4 nitrogen and oxygen atoms in total. The molecule has 0 aliphatic carbocycles. The number of hydrogen-bond donors (Lipinski definition) is 0. The number of rotatable bonds is 5. The molecule has 0 atom stereocenters. The second-order valence-corrected chi connectivity index (χ2v) is 7.82. The second-order valence-electron chi connectivity index (χ2n) is 6.55. The van der Waals surface area contributed by atoms with Crippen molar-refractivity contribution in [1.82, 2.24) is 9.88 Å². The molecule has 0 bridgehead atoms. The number of likely N-dealkylation sites (tertiary alicyclic amines) is 1. The molecule has 1 fully saturated rings. The Morgan fingerprint density at radius 1 is 1.21 bits per heavy atom. The van der Waals surface area contributed by atoms with Gasteiger partial charge in [0, 0.05) is 29.6 Å². The lowest BCUT2D eigenvalue weighted by Crippen LogP contribution is -2.27. The molecule has 1 aliphatic rings. The molecule has 144 valence electrons. The van der Waals surface area contributed by atoms with Gasteiger partial charge in [-0.15, -0.1) is 11.3 Å². The molecule has 2 heterocycles. The highest BCUT2D eigenvalue weighted by molar-refractivity contribution is 7.13. The predicted molar refractivity (Wildman–Crippen MR) is 108 cm³/mol. The van der Waals surface area contributed by atoms with E-state index in [0.29, 0.717) is 22.0 Å². The van der Waals surface area contributed by atoms with E-state index in [1.54, 1.807) is 23.6 Å². The zero-order valence-corrected chi connectivity index (χ0v) is 16.6. The van der Waals surface area contributed by atoms with Crippen molar-refractivity contribution < 1.29 is 13.9 Å². The van der Waals surface area contributed by atoms with Crippen molar-refractivity contribution in [1.29, 1.82) is 0 Å². The van der Waals surface area contributed by atoms with Crippen molar-refractivity contribution in [2.24, 2.45) is 0 Å². The first-order chi connectivity index (χ1) is 13.6. The normalized spacial score (nSPS) is 13.7. The molecule has 4 rings (SSSR count). The number of carbonyl (C=O) groups is 1. The number of benzene rings is 2. The quantitative estimate of drug-likeness (QED) is 0.557. The van der Waals surface area contributed by atoms with E-state index in [-0.39, 0.29) is 12.5 Å². The number of nitrogens with zero attached hydrogens (tertiary/aromatic N) is 2. The van der Waals surface area contributed by atoms with Crippen molar-refractivity contribution in [3.8, 4) is 16.3 Å². The van der Waals surface area contributed by atoms with Crippen LogP contribution in [0.15, 0.2) is 47.8 Å². The van der Waals surface area contributed by atoms with E-state index in [9.17, 15) is 9.18 Å². The topological polar surface area (TPSA) is 42.4 Å². The Morgan fingerprint density at radius 2 is 2.00 bits per heavy atom. The van der Waals surface area contributed by atoms with Crippen LogP contribution >= 0.6 is 22.9 Å². The molecule has 1 aromatic heterocycles. The lowest BCUT2D eigenvalue weighted by atomic mass is 10.2. The number of amides is 1. The molecular weight excluding hydrogens is 399 g/mol. The average molecular weight is 417 g/mol. The molecule has 1 amide bonds. The van der Waals surface area contributed by atoms with E-state index >= 15 is 0 Å². The van der Waals surface area contributed by atoms with Crippen molar-refractivity contribution in [2.45, 2.75) is 19.4 Å². The van der Waals surface area contributed by atoms with Crippen molar-refractivity contribution in [3.63, 3.8) is 0 Å². The Balaban J connectivity index is 1.49. The lowest BCUT2D eigenvalue weighted by Gasteiger charge is -2.12. The van der Waals surface area contributed by atoms with E-state index in [0.717, 1.165) is 36.5 Å². The number of hydrogen-bond acceptors (Lipinski definition) is 4. The maximum absolute atomic E-state index is 13.9. The van der Waals surface area contributed by atoms with E-state index < -0.39 is 5.82 Å². The van der Waals surface area contributed by atoms with Crippen LogP contribution < -0.4 is 4.74 Å². The predicted octanol–water partition coefficient (Wildman–Crippen LogP) is 5.42. The molecular formula is C21H18ClFN2O2S. The summed E-state index contributed by atoms with van der Waals surface area (Å²) in [6.45, 7) is 1.63. The van der Waals surface area contributed by atoms with Gasteiger partial charge in [-0.3, -0.25) is 4.79 Å². The van der Waals surface area contributed by atoms with Gasteiger partial charge in [0.25, 0.3) is 5.91 Å². The van der Waals surface area contributed by atoms with Gasteiger partial charge in [0.2, 0.25) is 0 Å². The van der Waals surface area contributed by atoms with Gasteiger partial charge in [-0.05, 0) is 37.1 Å². The smallest absolute Gasteiger partial charge is 0.273 e. The Morgan fingerprint density at radius 3 is 2.79 bits per heavy atom. The summed E-state index contributed by atoms with van der Waals surface area (Å²) in [6, 6.07) is 11.9. The molecule has 0 unspecified atom stereocenters. The summed E-state index contributed by atoms with van der Waals surface area (Å²) in [5.74, 6) is 0.176. The molecule has 1 aliphatic heterocycles. The molecule has 0 spiro atoms.